The fraction of sp³-hybridized carbons (Fsp3) is 0.294. The van der Waals surface area contributed by atoms with E-state index in [1.807, 2.05) is 43.3 Å². The average Bonchev–Trinajstić information content (AvgIpc) is 2.44. The lowest BCUT2D eigenvalue weighted by molar-refractivity contribution is 0.468. The lowest BCUT2D eigenvalue weighted by Crippen LogP contribution is -2.21. The maximum atomic E-state index is 6.04. The summed E-state index contributed by atoms with van der Waals surface area (Å²) >= 11 is 6.03. The first-order chi connectivity index (χ1) is 9.60. The van der Waals surface area contributed by atoms with Gasteiger partial charge in [-0.1, -0.05) is 42.8 Å². The highest BCUT2D eigenvalue weighted by atomic mass is 35.5. The van der Waals surface area contributed by atoms with Crippen LogP contribution < -0.4 is 10.5 Å². The van der Waals surface area contributed by atoms with E-state index in [9.17, 15) is 0 Å². The Morgan fingerprint density at radius 2 is 1.90 bits per heavy atom. The Morgan fingerprint density at radius 3 is 2.65 bits per heavy atom. The van der Waals surface area contributed by atoms with Crippen LogP contribution in [0.5, 0.6) is 11.5 Å². The van der Waals surface area contributed by atoms with Crippen molar-refractivity contribution in [2.45, 2.75) is 32.7 Å². The lowest BCUT2D eigenvalue weighted by atomic mass is 10.0. The first kappa shape index (κ1) is 14.9. The minimum absolute atomic E-state index is 0.153. The third-order valence-electron chi connectivity index (χ3n) is 3.35. The SMILES string of the molecule is CCC(N)Cc1ccccc1Oc1cc(Cl)ccc1C. The molecule has 2 N–H and O–H groups in total. The van der Waals surface area contributed by atoms with Crippen LogP contribution in [0, 0.1) is 6.92 Å². The fourth-order valence-electron chi connectivity index (χ4n) is 2.00. The summed E-state index contributed by atoms with van der Waals surface area (Å²) in [6.07, 6.45) is 1.76. The number of halogens is 1. The van der Waals surface area contributed by atoms with Crippen molar-refractivity contribution in [2.75, 3.05) is 0 Å². The second kappa shape index (κ2) is 6.78. The summed E-state index contributed by atoms with van der Waals surface area (Å²) in [7, 11) is 0. The molecule has 3 heteroatoms. The predicted molar refractivity (Wildman–Crippen MR) is 84.7 cm³/mol. The highest BCUT2D eigenvalue weighted by Gasteiger charge is 2.09. The molecule has 0 saturated carbocycles. The highest BCUT2D eigenvalue weighted by Crippen LogP contribution is 2.30. The molecule has 0 heterocycles. The van der Waals surface area contributed by atoms with E-state index in [0.717, 1.165) is 35.5 Å². The quantitative estimate of drug-likeness (QED) is 0.864. The molecule has 0 aliphatic rings. The number of para-hydroxylation sites is 1. The van der Waals surface area contributed by atoms with Crippen LogP contribution in [0.4, 0.5) is 0 Å². The molecule has 0 fully saturated rings. The van der Waals surface area contributed by atoms with Crippen LogP contribution >= 0.6 is 11.6 Å². The topological polar surface area (TPSA) is 35.2 Å². The van der Waals surface area contributed by atoms with Gasteiger partial charge in [0.1, 0.15) is 11.5 Å². The third kappa shape index (κ3) is 3.75. The average molecular weight is 290 g/mol. The molecular weight excluding hydrogens is 270 g/mol. The number of rotatable bonds is 5. The van der Waals surface area contributed by atoms with E-state index in [1.54, 1.807) is 0 Å². The van der Waals surface area contributed by atoms with E-state index < -0.39 is 0 Å². The maximum absolute atomic E-state index is 6.04. The van der Waals surface area contributed by atoms with Crippen molar-refractivity contribution < 1.29 is 4.74 Å². The minimum atomic E-state index is 0.153. The van der Waals surface area contributed by atoms with Gasteiger partial charge in [-0.25, -0.2) is 0 Å². The molecule has 0 saturated heterocycles. The van der Waals surface area contributed by atoms with Crippen molar-refractivity contribution in [3.63, 3.8) is 0 Å². The number of benzene rings is 2. The van der Waals surface area contributed by atoms with Gasteiger partial charge in [-0.2, -0.15) is 0 Å². The summed E-state index contributed by atoms with van der Waals surface area (Å²) < 4.78 is 6.03. The predicted octanol–water partition coefficient (Wildman–Crippen LogP) is 4.72. The van der Waals surface area contributed by atoms with Gasteiger partial charge in [-0.15, -0.1) is 0 Å². The molecular formula is C17H20ClNO. The van der Waals surface area contributed by atoms with Gasteiger partial charge >= 0.3 is 0 Å². The molecule has 0 spiro atoms. The summed E-state index contributed by atoms with van der Waals surface area (Å²) in [4.78, 5) is 0. The van der Waals surface area contributed by atoms with Crippen molar-refractivity contribution in [3.8, 4) is 11.5 Å². The van der Waals surface area contributed by atoms with Crippen LogP contribution in [-0.4, -0.2) is 6.04 Å². The zero-order valence-corrected chi connectivity index (χ0v) is 12.7. The van der Waals surface area contributed by atoms with Crippen molar-refractivity contribution in [1.82, 2.24) is 0 Å². The molecule has 2 aromatic carbocycles. The van der Waals surface area contributed by atoms with Crippen molar-refractivity contribution in [1.29, 1.82) is 0 Å². The van der Waals surface area contributed by atoms with Crippen LogP contribution in [0.25, 0.3) is 0 Å². The molecule has 2 rings (SSSR count). The monoisotopic (exact) mass is 289 g/mol. The molecule has 0 amide bonds. The third-order valence-corrected chi connectivity index (χ3v) is 3.58. The van der Waals surface area contributed by atoms with Crippen molar-refractivity contribution >= 4 is 11.6 Å². The summed E-state index contributed by atoms with van der Waals surface area (Å²) in [6, 6.07) is 13.8. The van der Waals surface area contributed by atoms with E-state index in [-0.39, 0.29) is 6.04 Å². The zero-order chi connectivity index (χ0) is 14.5. The van der Waals surface area contributed by atoms with Gasteiger partial charge in [0.05, 0.1) is 0 Å². The molecule has 20 heavy (non-hydrogen) atoms. The van der Waals surface area contributed by atoms with Gasteiger partial charge in [-0.3, -0.25) is 0 Å². The second-order valence-electron chi connectivity index (χ2n) is 4.99. The van der Waals surface area contributed by atoms with E-state index >= 15 is 0 Å². The fourth-order valence-corrected chi connectivity index (χ4v) is 2.16. The Morgan fingerprint density at radius 1 is 1.15 bits per heavy atom. The van der Waals surface area contributed by atoms with Gasteiger partial charge in [-0.05, 0) is 49.1 Å². The Hall–Kier alpha value is -1.51. The largest absolute Gasteiger partial charge is 0.457 e. The molecule has 2 nitrogen and oxygen atoms in total. The second-order valence-corrected chi connectivity index (χ2v) is 5.43. The standard InChI is InChI=1S/C17H20ClNO/c1-3-15(19)10-13-6-4-5-7-16(13)20-17-11-14(18)9-8-12(17)2/h4-9,11,15H,3,10,19H2,1-2H3. The Bertz CT molecular complexity index is 583. The van der Waals surface area contributed by atoms with E-state index in [0.29, 0.717) is 5.02 Å². The number of aryl methyl sites for hydroxylation is 1. The summed E-state index contributed by atoms with van der Waals surface area (Å²) in [5, 5.41) is 0.674. The zero-order valence-electron chi connectivity index (χ0n) is 11.9. The van der Waals surface area contributed by atoms with Crippen molar-refractivity contribution in [3.05, 3.63) is 58.6 Å². The molecule has 2 aromatic rings. The van der Waals surface area contributed by atoms with Crippen LogP contribution in [0.1, 0.15) is 24.5 Å². The van der Waals surface area contributed by atoms with Crippen LogP contribution in [0.3, 0.4) is 0 Å². The molecule has 106 valence electrons. The molecule has 0 aliphatic heterocycles. The van der Waals surface area contributed by atoms with E-state index in [4.69, 9.17) is 22.1 Å². The Balaban J connectivity index is 2.27. The molecule has 1 unspecified atom stereocenters. The van der Waals surface area contributed by atoms with Gasteiger partial charge in [0, 0.05) is 11.1 Å². The molecule has 1 atom stereocenters. The summed E-state index contributed by atoms with van der Waals surface area (Å²) in [6.45, 7) is 4.10. The van der Waals surface area contributed by atoms with E-state index in [1.165, 1.54) is 0 Å². The number of ether oxygens (including phenoxy) is 1. The van der Waals surface area contributed by atoms with Gasteiger partial charge in [0.2, 0.25) is 0 Å². The van der Waals surface area contributed by atoms with Crippen LogP contribution in [-0.2, 0) is 6.42 Å². The number of nitrogens with two attached hydrogens (primary N) is 1. The summed E-state index contributed by atoms with van der Waals surface area (Å²) in [5.74, 6) is 1.64. The molecule has 0 aliphatic carbocycles. The summed E-state index contributed by atoms with van der Waals surface area (Å²) in [5.41, 5.74) is 8.23. The van der Waals surface area contributed by atoms with Gasteiger partial charge in [0.15, 0.2) is 0 Å². The highest BCUT2D eigenvalue weighted by molar-refractivity contribution is 6.30. The van der Waals surface area contributed by atoms with Gasteiger partial charge < -0.3 is 10.5 Å². The van der Waals surface area contributed by atoms with Crippen molar-refractivity contribution in [2.24, 2.45) is 5.73 Å². The smallest absolute Gasteiger partial charge is 0.131 e. The Labute approximate surface area is 125 Å². The van der Waals surface area contributed by atoms with Crippen LogP contribution in [0.2, 0.25) is 5.02 Å². The van der Waals surface area contributed by atoms with Gasteiger partial charge in [0.25, 0.3) is 0 Å². The number of hydrogen-bond donors (Lipinski definition) is 1. The minimum Gasteiger partial charge on any atom is -0.457 e. The molecule has 0 radical (unpaired) electrons. The number of hydrogen-bond acceptors (Lipinski definition) is 2. The normalized spacial score (nSPS) is 12.2. The first-order valence-electron chi connectivity index (χ1n) is 6.87. The lowest BCUT2D eigenvalue weighted by Gasteiger charge is -2.15. The first-order valence-corrected chi connectivity index (χ1v) is 7.25. The maximum Gasteiger partial charge on any atom is 0.131 e. The Kier molecular flexibility index (Phi) is 5.05. The van der Waals surface area contributed by atoms with Crippen LogP contribution in [0.15, 0.2) is 42.5 Å². The molecule has 0 bridgehead atoms. The molecule has 0 aromatic heterocycles. The van der Waals surface area contributed by atoms with E-state index in [2.05, 4.69) is 13.0 Å².